The molecule has 1 N–H and O–H groups in total. The van der Waals surface area contributed by atoms with Gasteiger partial charge in [-0.05, 0) is 63.5 Å². The summed E-state index contributed by atoms with van der Waals surface area (Å²) in [5, 5.41) is 22.8. The van der Waals surface area contributed by atoms with Crippen LogP contribution in [0.25, 0.3) is 10.8 Å². The Hall–Kier alpha value is -5.57. The molecule has 1 aromatic heterocycles. The minimum Gasteiger partial charge on any atom is -0.465 e. The number of carbonyl (C=O) groups is 2. The largest absolute Gasteiger partial charge is 0.465 e. The van der Waals surface area contributed by atoms with Gasteiger partial charge in [0.25, 0.3) is 0 Å². The Morgan fingerprint density at radius 2 is 1.74 bits per heavy atom. The number of aromatic nitrogens is 2. The molecule has 0 saturated carbocycles. The number of fused-ring (bicyclic) bond motifs is 2. The fraction of sp³-hybridized carbons (Fsp3) is 0.439. The molecular weight excluding hydrogens is 670 g/mol. The first-order chi connectivity index (χ1) is 25.5. The Balaban J connectivity index is 1.24. The van der Waals surface area contributed by atoms with Crippen LogP contribution in [0.4, 0.5) is 21.1 Å². The summed E-state index contributed by atoms with van der Waals surface area (Å²) in [4.78, 5) is 43.4. The number of benzene rings is 3. The summed E-state index contributed by atoms with van der Waals surface area (Å²) >= 11 is 0. The van der Waals surface area contributed by atoms with Gasteiger partial charge in [-0.25, -0.2) is 9.59 Å². The van der Waals surface area contributed by atoms with Crippen LogP contribution < -0.4 is 14.5 Å². The molecule has 276 valence electrons. The van der Waals surface area contributed by atoms with Crippen molar-refractivity contribution in [2.75, 3.05) is 49.1 Å². The van der Waals surface area contributed by atoms with Crippen molar-refractivity contribution in [1.82, 2.24) is 19.8 Å². The minimum absolute atomic E-state index is 0.0262. The van der Waals surface area contributed by atoms with Crippen molar-refractivity contribution in [2.24, 2.45) is 0 Å². The molecule has 0 bridgehead atoms. The summed E-state index contributed by atoms with van der Waals surface area (Å²) in [7, 11) is 0. The monoisotopic (exact) mass is 717 g/mol. The van der Waals surface area contributed by atoms with E-state index >= 15 is 0 Å². The third-order valence-corrected chi connectivity index (χ3v) is 10.5. The van der Waals surface area contributed by atoms with Crippen molar-refractivity contribution < 1.29 is 24.2 Å². The van der Waals surface area contributed by atoms with E-state index in [0.717, 1.165) is 47.3 Å². The highest BCUT2D eigenvalue weighted by atomic mass is 16.6. The van der Waals surface area contributed by atoms with Crippen LogP contribution in [0, 0.1) is 11.3 Å². The molecule has 0 spiro atoms. The summed E-state index contributed by atoms with van der Waals surface area (Å²) < 4.78 is 12.1. The zero-order valence-electron chi connectivity index (χ0n) is 30.7. The van der Waals surface area contributed by atoms with Crippen molar-refractivity contribution in [2.45, 2.75) is 76.6 Å². The maximum Gasteiger partial charge on any atom is 0.410 e. The van der Waals surface area contributed by atoms with E-state index in [-0.39, 0.29) is 44.3 Å². The number of rotatable bonds is 8. The third kappa shape index (κ3) is 7.65. The van der Waals surface area contributed by atoms with Gasteiger partial charge in [0.2, 0.25) is 0 Å². The number of hydrogen-bond donors (Lipinski definition) is 1. The first-order valence-corrected chi connectivity index (χ1v) is 18.4. The molecule has 3 aromatic carbocycles. The number of ether oxygens (including phenoxy) is 2. The van der Waals surface area contributed by atoms with Gasteiger partial charge in [-0.3, -0.25) is 4.90 Å². The molecule has 3 aliphatic heterocycles. The zero-order valence-corrected chi connectivity index (χ0v) is 30.7. The van der Waals surface area contributed by atoms with Gasteiger partial charge in [0.05, 0.1) is 36.3 Å². The minimum atomic E-state index is -1.04. The first-order valence-electron chi connectivity index (χ1n) is 18.4. The van der Waals surface area contributed by atoms with Gasteiger partial charge in [-0.2, -0.15) is 15.2 Å². The van der Waals surface area contributed by atoms with Gasteiger partial charge in [0, 0.05) is 49.4 Å². The number of carbonyl (C=O) groups excluding carboxylic acids is 1. The number of amides is 2. The summed E-state index contributed by atoms with van der Waals surface area (Å²) in [5.41, 5.74) is 2.32. The molecule has 2 unspecified atom stereocenters. The topological polar surface area (TPSA) is 135 Å². The Bertz CT molecular complexity index is 2010. The van der Waals surface area contributed by atoms with Crippen molar-refractivity contribution in [1.29, 1.82) is 5.26 Å². The Morgan fingerprint density at radius 1 is 0.962 bits per heavy atom. The van der Waals surface area contributed by atoms with E-state index < -0.39 is 17.2 Å². The molecule has 53 heavy (non-hydrogen) atoms. The first kappa shape index (κ1) is 35.8. The Labute approximate surface area is 310 Å². The highest BCUT2D eigenvalue weighted by Gasteiger charge is 2.46. The maximum atomic E-state index is 13.1. The number of piperazine rings is 1. The van der Waals surface area contributed by atoms with Gasteiger partial charge >= 0.3 is 18.2 Å². The van der Waals surface area contributed by atoms with Crippen LogP contribution in [0.15, 0.2) is 72.8 Å². The average molecular weight is 718 g/mol. The van der Waals surface area contributed by atoms with E-state index in [2.05, 4.69) is 52.3 Å². The van der Waals surface area contributed by atoms with E-state index in [1.807, 2.05) is 57.2 Å². The molecule has 2 saturated heterocycles. The van der Waals surface area contributed by atoms with Crippen LogP contribution in [0.3, 0.4) is 0 Å². The lowest BCUT2D eigenvalue weighted by molar-refractivity contribution is 0.0183. The highest BCUT2D eigenvalue weighted by Crippen LogP contribution is 2.37. The number of likely N-dealkylation sites (tertiary alicyclic amines) is 1. The van der Waals surface area contributed by atoms with E-state index in [0.29, 0.717) is 38.3 Å². The molecule has 4 heterocycles. The van der Waals surface area contributed by atoms with Crippen LogP contribution in [0.2, 0.25) is 0 Å². The molecule has 4 aromatic rings. The fourth-order valence-corrected chi connectivity index (χ4v) is 8.09. The Morgan fingerprint density at radius 3 is 2.51 bits per heavy atom. The normalized spacial score (nSPS) is 20.2. The Kier molecular flexibility index (Phi) is 10.0. The van der Waals surface area contributed by atoms with Gasteiger partial charge in [-0.1, -0.05) is 66.7 Å². The summed E-state index contributed by atoms with van der Waals surface area (Å²) in [5.74, 6) is 0.707. The second-order valence-electron chi connectivity index (χ2n) is 15.3. The molecule has 12 heteroatoms. The predicted octanol–water partition coefficient (Wildman–Crippen LogP) is 6.67. The van der Waals surface area contributed by atoms with Gasteiger partial charge < -0.3 is 29.3 Å². The van der Waals surface area contributed by atoms with E-state index in [1.54, 1.807) is 4.90 Å². The molecule has 7 rings (SSSR count). The SMILES string of the molecule is CC(C)(C)OC(=O)N1CCCC1COc1nc2c(c(N3CCN(C(=O)O)C(CC#N)(Cc4ccccc4)C3)n1)CCN(c1cccc3ccccc13)C2. The molecule has 0 aliphatic carbocycles. The van der Waals surface area contributed by atoms with Crippen LogP contribution in [0.1, 0.15) is 56.9 Å². The smallest absolute Gasteiger partial charge is 0.410 e. The second-order valence-corrected chi connectivity index (χ2v) is 15.3. The predicted molar refractivity (Wildman–Crippen MR) is 202 cm³/mol. The lowest BCUT2D eigenvalue weighted by Crippen LogP contribution is -2.65. The van der Waals surface area contributed by atoms with Crippen molar-refractivity contribution >= 4 is 34.5 Å². The average Bonchev–Trinajstić information content (AvgIpc) is 3.62. The van der Waals surface area contributed by atoms with E-state index in [1.165, 1.54) is 10.3 Å². The number of hydrogen-bond acceptors (Lipinski definition) is 9. The van der Waals surface area contributed by atoms with Crippen LogP contribution >= 0.6 is 0 Å². The third-order valence-electron chi connectivity index (χ3n) is 10.5. The van der Waals surface area contributed by atoms with Crippen LogP contribution in [0.5, 0.6) is 6.01 Å². The number of carboxylic acid groups (broad SMARTS) is 1. The van der Waals surface area contributed by atoms with Crippen molar-refractivity contribution in [3.63, 3.8) is 0 Å². The molecule has 2 amide bonds. The molecule has 2 fully saturated rings. The molecule has 12 nitrogen and oxygen atoms in total. The van der Waals surface area contributed by atoms with Gasteiger partial charge in [0.15, 0.2) is 0 Å². The summed E-state index contributed by atoms with van der Waals surface area (Å²) in [6, 6.07) is 26.8. The summed E-state index contributed by atoms with van der Waals surface area (Å²) in [6.45, 7) is 8.56. The van der Waals surface area contributed by atoms with Gasteiger partial charge in [0.1, 0.15) is 18.0 Å². The lowest BCUT2D eigenvalue weighted by atomic mass is 9.83. The highest BCUT2D eigenvalue weighted by molar-refractivity contribution is 5.94. The molecule has 3 aliphatic rings. The van der Waals surface area contributed by atoms with Crippen LogP contribution in [-0.2, 0) is 24.1 Å². The summed E-state index contributed by atoms with van der Waals surface area (Å²) in [6.07, 6.45) is 1.31. The van der Waals surface area contributed by atoms with Crippen LogP contribution in [-0.4, -0.2) is 93.6 Å². The quantitative estimate of drug-likeness (QED) is 0.211. The molecular formula is C41H47N7O5. The van der Waals surface area contributed by atoms with Crippen molar-refractivity contribution in [3.8, 4) is 12.1 Å². The molecule has 2 atom stereocenters. The van der Waals surface area contributed by atoms with E-state index in [4.69, 9.17) is 19.4 Å². The number of anilines is 2. The van der Waals surface area contributed by atoms with E-state index in [9.17, 15) is 20.0 Å². The number of nitrogens with zero attached hydrogens (tertiary/aromatic N) is 7. The van der Waals surface area contributed by atoms with Gasteiger partial charge in [-0.15, -0.1) is 0 Å². The second kappa shape index (κ2) is 14.8. The standard InChI is InChI=1S/C41H47N7O5/c1-40(2,3)53-39(51)47-21-10-15-31(47)27-52-37-43-34-26-45(35-17-9-14-30-13-7-8-16-32(30)35)22-18-33(34)36(44-37)46-23-24-48(38(49)50)41(28-46,19-20-42)25-29-11-5-4-6-12-29/h4-9,11-14,16-17,31H,10,15,18-19,21-28H2,1-3H3,(H,49,50). The maximum absolute atomic E-state index is 13.1. The van der Waals surface area contributed by atoms with Crippen molar-refractivity contribution in [3.05, 3.63) is 89.6 Å². The fourth-order valence-electron chi connectivity index (χ4n) is 8.09. The molecule has 0 radical (unpaired) electrons. The zero-order chi connectivity index (χ0) is 37.2. The lowest BCUT2D eigenvalue weighted by Gasteiger charge is -2.49. The number of nitriles is 1.